The number of amides is 8. The standard InChI is InChI=1S/C89H122N14O16/c1-9-10-11-12-13-14-15-16-17-21-77(104)98-70(38-39-90)86(111)103(8)79-63-31-37-76(118-47-42-93)68(54-63)66-50-58(52-72(88(114)115)101-81(106)56(3)97-84(79)109)23-35-74(66)119-48-44-95-94-43-19-18-20-69(99-82(107)61-26-24-59(25-27-61)60-28-32-64(33-29-60)89(4,5)6)85(110)102(7)78-62-30-36-75(117-46-41-92)67(53-62)65-49-57(22-34-73(65)116-45-40-91)51-71(87(112)113)100-80(105)55(2)96-83(78)108/h22-37,49-50,53-56,69-72,78-79,94-95H,9-21,38-48,51-52,90-93H2,1-8H3,(H,96,108)(H,97,109)(H,98,104)(H,99,107)(H,100,105)(H,101,106)(H,112,113)(H,114,115)/t55-,56-,69-,70-,71-,72-,78-,79-/m0/s1. The number of hydrogen-bond donors (Lipinski definition) is 14. The van der Waals surface area contributed by atoms with Crippen LogP contribution < -0.4 is 84.6 Å². The average molecular weight is 1640 g/mol. The highest BCUT2D eigenvalue weighted by molar-refractivity contribution is 6.00. The summed E-state index contributed by atoms with van der Waals surface area (Å²) in [5, 5.41) is 37.3. The van der Waals surface area contributed by atoms with Crippen LogP contribution in [0, 0.1) is 0 Å². The van der Waals surface area contributed by atoms with Crippen LogP contribution >= 0.6 is 0 Å². The normalized spacial score (nSPS) is 17.4. The number of likely N-dealkylation sites (N-methyl/N-ethyl adjacent to an activating group) is 2. The summed E-state index contributed by atoms with van der Waals surface area (Å²) in [7, 11) is 2.84. The SMILES string of the molecule is CCCCCCCCCCCC(=O)N[C@@H](CCN)C(=O)N(C)[C@@H]1C(=O)N[C@@H](C)C(=O)N[C@H](C(=O)O)Cc2ccc(OCCNNCCCC[C@H](NC(=O)c3ccc(-c4ccc(C(C)(C)C)cc4)cc3)C(=O)N(C)[C@@H]3C(=O)N[C@@H](C)C(=O)N[C@H](C(=O)O)Cc4ccc(OCCN)c(c4)-c4cc3ccc4OCCN)c(c2)-c2cc1ccc2OCCN. The molecule has 30 heteroatoms. The van der Waals surface area contributed by atoms with E-state index in [1.165, 1.54) is 63.4 Å². The van der Waals surface area contributed by atoms with Crippen LogP contribution in [0.25, 0.3) is 33.4 Å². The number of nitrogens with two attached hydrogens (primary N) is 4. The average Bonchev–Trinajstić information content (AvgIpc) is 0.781. The number of nitrogens with one attached hydrogen (secondary N) is 8. The molecule has 8 bridgehead atoms. The van der Waals surface area contributed by atoms with Gasteiger partial charge in [0.2, 0.25) is 41.4 Å². The largest absolute Gasteiger partial charge is 0.492 e. The van der Waals surface area contributed by atoms with E-state index in [4.69, 9.17) is 41.9 Å². The van der Waals surface area contributed by atoms with Crippen LogP contribution in [0.1, 0.15) is 182 Å². The van der Waals surface area contributed by atoms with E-state index >= 15 is 9.59 Å². The van der Waals surface area contributed by atoms with Gasteiger partial charge in [0.1, 0.15) is 97.8 Å². The predicted octanol–water partition coefficient (Wildman–Crippen LogP) is 7.15. The van der Waals surface area contributed by atoms with Gasteiger partial charge in [0.15, 0.2) is 0 Å². The third-order valence-electron chi connectivity index (χ3n) is 21.1. The van der Waals surface area contributed by atoms with E-state index in [0.29, 0.717) is 82.2 Å². The molecule has 0 unspecified atom stereocenters. The molecule has 8 rings (SSSR count). The lowest BCUT2D eigenvalue weighted by molar-refractivity contribution is -0.144. The van der Waals surface area contributed by atoms with Crippen molar-refractivity contribution < 1.29 is 77.1 Å². The van der Waals surface area contributed by atoms with E-state index in [1.807, 2.05) is 24.3 Å². The molecule has 0 radical (unpaired) electrons. The molecular formula is C89H122N14O16. The van der Waals surface area contributed by atoms with E-state index < -0.39 is 102 Å². The number of unbranched alkanes of at least 4 members (excludes halogenated alkanes) is 9. The zero-order chi connectivity index (χ0) is 86.3. The van der Waals surface area contributed by atoms with Crippen molar-refractivity contribution in [1.82, 2.24) is 52.6 Å². The molecule has 0 aromatic heterocycles. The summed E-state index contributed by atoms with van der Waals surface area (Å²) >= 11 is 0. The van der Waals surface area contributed by atoms with Crippen LogP contribution in [0.15, 0.2) is 121 Å². The Morgan fingerprint density at radius 3 is 1.32 bits per heavy atom. The minimum Gasteiger partial charge on any atom is -0.492 e. The molecule has 2 aliphatic rings. The van der Waals surface area contributed by atoms with Crippen LogP contribution in [0.2, 0.25) is 0 Å². The maximum Gasteiger partial charge on any atom is 0.326 e. The highest BCUT2D eigenvalue weighted by Gasteiger charge is 2.39. The Hall–Kier alpha value is -11.0. The fourth-order valence-corrected chi connectivity index (χ4v) is 14.4. The summed E-state index contributed by atoms with van der Waals surface area (Å²) in [6.07, 6.45) is 10.2. The topological polar surface area (TPSA) is 455 Å². The first-order valence-corrected chi connectivity index (χ1v) is 41.4. The number of hydrogen-bond acceptors (Lipinski definition) is 20. The number of fused-ring (bicyclic) bond motifs is 10. The Balaban J connectivity index is 1.04. The summed E-state index contributed by atoms with van der Waals surface area (Å²) < 4.78 is 25.1. The summed E-state index contributed by atoms with van der Waals surface area (Å²) in [5.74, 6) is -6.80. The maximum atomic E-state index is 15.6. The zero-order valence-corrected chi connectivity index (χ0v) is 69.9. The molecular weight excluding hydrogens is 1520 g/mol. The second-order valence-corrected chi connectivity index (χ2v) is 31.4. The number of hydrazine groups is 1. The molecule has 0 aliphatic carbocycles. The van der Waals surface area contributed by atoms with Gasteiger partial charge in [-0.2, -0.15) is 0 Å². The molecule has 119 heavy (non-hydrogen) atoms. The lowest BCUT2D eigenvalue weighted by Gasteiger charge is -2.32. The molecule has 8 amide bonds. The first kappa shape index (κ1) is 93.5. The minimum atomic E-state index is -1.50. The van der Waals surface area contributed by atoms with E-state index in [9.17, 15) is 48.6 Å². The number of carboxylic acid groups (broad SMARTS) is 2. The highest BCUT2D eigenvalue weighted by atomic mass is 16.5. The summed E-state index contributed by atoms with van der Waals surface area (Å²) in [4.78, 5) is 144. The van der Waals surface area contributed by atoms with Crippen molar-refractivity contribution in [3.05, 3.63) is 155 Å². The molecule has 6 aromatic rings. The summed E-state index contributed by atoms with van der Waals surface area (Å²) in [6, 6.07) is 24.3. The lowest BCUT2D eigenvalue weighted by atomic mass is 9.86. The van der Waals surface area contributed by atoms with Crippen molar-refractivity contribution in [2.45, 2.75) is 198 Å². The lowest BCUT2D eigenvalue weighted by Crippen LogP contribution is -2.55. The van der Waals surface area contributed by atoms with Gasteiger partial charge in [-0.05, 0) is 158 Å². The van der Waals surface area contributed by atoms with Crippen LogP contribution in [0.5, 0.6) is 23.0 Å². The van der Waals surface area contributed by atoms with Crippen LogP contribution in [0.3, 0.4) is 0 Å². The van der Waals surface area contributed by atoms with Gasteiger partial charge in [0.25, 0.3) is 5.91 Å². The minimum absolute atomic E-state index is 0.0269. The van der Waals surface area contributed by atoms with Gasteiger partial charge < -0.3 is 93.8 Å². The van der Waals surface area contributed by atoms with Crippen LogP contribution in [-0.4, -0.2) is 195 Å². The second-order valence-electron chi connectivity index (χ2n) is 31.4. The predicted molar refractivity (Wildman–Crippen MR) is 455 cm³/mol. The smallest absolute Gasteiger partial charge is 0.326 e. The van der Waals surface area contributed by atoms with Gasteiger partial charge in [-0.1, -0.05) is 140 Å². The molecule has 0 saturated carbocycles. The van der Waals surface area contributed by atoms with Crippen molar-refractivity contribution in [2.24, 2.45) is 22.9 Å². The van der Waals surface area contributed by atoms with E-state index in [0.717, 1.165) is 42.4 Å². The molecule has 0 spiro atoms. The van der Waals surface area contributed by atoms with Gasteiger partial charge in [-0.25, -0.2) is 9.59 Å². The Morgan fingerprint density at radius 1 is 0.471 bits per heavy atom. The molecule has 2 heterocycles. The highest BCUT2D eigenvalue weighted by Crippen LogP contribution is 2.43. The Kier molecular flexibility index (Phi) is 36.4. The van der Waals surface area contributed by atoms with Crippen molar-refractivity contribution in [3.8, 4) is 56.4 Å². The maximum absolute atomic E-state index is 15.6. The van der Waals surface area contributed by atoms with Crippen molar-refractivity contribution >= 4 is 59.2 Å². The second kappa shape index (κ2) is 46.4. The number of carbonyl (C=O) groups excluding carboxylic acids is 8. The fourth-order valence-electron chi connectivity index (χ4n) is 14.4. The molecule has 8 atom stereocenters. The van der Waals surface area contributed by atoms with Crippen LogP contribution in [-0.2, 0) is 61.4 Å². The molecule has 0 saturated heterocycles. The Bertz CT molecular complexity index is 4420. The number of carbonyl (C=O) groups is 10. The van der Waals surface area contributed by atoms with E-state index in [1.54, 1.807) is 84.9 Å². The van der Waals surface area contributed by atoms with Gasteiger partial charge >= 0.3 is 11.9 Å². The number of carboxylic acids is 2. The summed E-state index contributed by atoms with van der Waals surface area (Å²) in [6.45, 7) is 12.6. The molecule has 6 aromatic carbocycles. The Morgan fingerprint density at radius 2 is 0.882 bits per heavy atom. The van der Waals surface area contributed by atoms with Gasteiger partial charge in [0, 0.05) is 93.9 Å². The summed E-state index contributed by atoms with van der Waals surface area (Å²) in [5.41, 5.74) is 36.6. The quantitative estimate of drug-likeness (QED) is 0.0134. The zero-order valence-electron chi connectivity index (χ0n) is 69.9. The first-order chi connectivity index (χ1) is 57.1. The number of ether oxygens (including phenoxy) is 4. The molecule has 0 fully saturated rings. The fraction of sp³-hybridized carbons (Fsp3) is 0.483. The van der Waals surface area contributed by atoms with Gasteiger partial charge in [-0.3, -0.25) is 49.2 Å². The van der Waals surface area contributed by atoms with Gasteiger partial charge in [0.05, 0.1) is 0 Å². The third-order valence-corrected chi connectivity index (χ3v) is 21.1. The molecule has 644 valence electrons. The molecule has 30 nitrogen and oxygen atoms in total. The molecule has 2 aliphatic heterocycles. The monoisotopic (exact) mass is 1640 g/mol. The number of rotatable bonds is 41. The van der Waals surface area contributed by atoms with Crippen LogP contribution in [0.4, 0.5) is 0 Å². The van der Waals surface area contributed by atoms with Crippen molar-refractivity contribution in [1.29, 1.82) is 0 Å². The number of benzene rings is 6. The Labute approximate surface area is 697 Å². The third kappa shape index (κ3) is 27.0. The first-order valence-electron chi connectivity index (χ1n) is 41.4. The number of nitrogens with zero attached hydrogens (tertiary/aromatic N) is 2. The van der Waals surface area contributed by atoms with E-state index in [-0.39, 0.29) is 119 Å². The van der Waals surface area contributed by atoms with Gasteiger partial charge in [-0.15, -0.1) is 0 Å². The molecule has 18 N–H and O–H groups in total. The van der Waals surface area contributed by atoms with E-state index in [2.05, 4.69) is 82.6 Å². The van der Waals surface area contributed by atoms with Crippen molar-refractivity contribution in [3.63, 3.8) is 0 Å². The van der Waals surface area contributed by atoms with Crippen molar-refractivity contribution in [2.75, 3.05) is 79.8 Å². The number of aliphatic carboxylic acids is 2.